The highest BCUT2D eigenvalue weighted by molar-refractivity contribution is 7.82. The average molecular weight is 254 g/mol. The number of nitrogens with one attached hydrogen (secondary N) is 1. The van der Waals surface area contributed by atoms with Gasteiger partial charge in [0.05, 0.1) is 24.3 Å². The minimum absolute atomic E-state index is 0.421. The van der Waals surface area contributed by atoms with Gasteiger partial charge in [-0.1, -0.05) is 6.07 Å². The fraction of sp³-hybridized carbons (Fsp3) is 0.462. The predicted molar refractivity (Wildman–Crippen MR) is 75.1 cm³/mol. The molecule has 3 nitrogen and oxygen atoms in total. The Balaban J connectivity index is 2.96. The molecule has 1 N–H and O–H groups in total. The zero-order valence-corrected chi connectivity index (χ0v) is 11.9. The van der Waals surface area contributed by atoms with E-state index >= 15 is 0 Å². The van der Waals surface area contributed by atoms with Crippen molar-refractivity contribution in [1.82, 2.24) is 5.32 Å². The van der Waals surface area contributed by atoms with Gasteiger partial charge in [0.15, 0.2) is 0 Å². The van der Waals surface area contributed by atoms with Gasteiger partial charge in [0.2, 0.25) is 0 Å². The van der Waals surface area contributed by atoms with Crippen molar-refractivity contribution in [2.45, 2.75) is 13.8 Å². The molecular weight excluding hydrogens is 233 g/mol. The van der Waals surface area contributed by atoms with Gasteiger partial charge in [-0.2, -0.15) is 0 Å². The van der Waals surface area contributed by atoms with E-state index in [4.69, 9.17) is 4.74 Å². The van der Waals surface area contributed by atoms with Crippen molar-refractivity contribution in [3.05, 3.63) is 24.3 Å². The molecule has 0 saturated heterocycles. The molecule has 0 bridgehead atoms. The molecule has 0 aliphatic heterocycles. The van der Waals surface area contributed by atoms with E-state index in [2.05, 4.69) is 31.9 Å². The summed E-state index contributed by atoms with van der Waals surface area (Å²) in [4.78, 5) is 11.2. The summed E-state index contributed by atoms with van der Waals surface area (Å²) >= 11 is 0. The first-order valence-corrected chi connectivity index (χ1v) is 8.51. The Bertz CT molecular complexity index is 389. The van der Waals surface area contributed by atoms with Crippen molar-refractivity contribution in [2.75, 3.05) is 26.0 Å². The third kappa shape index (κ3) is 3.44. The maximum Gasteiger partial charge on any atom is 0.412 e. The zero-order chi connectivity index (χ0) is 12.9. The first-order valence-electron chi connectivity index (χ1n) is 5.90. The monoisotopic (exact) mass is 254 g/mol. The average Bonchev–Trinajstić information content (AvgIpc) is 2.38. The van der Waals surface area contributed by atoms with Gasteiger partial charge in [-0.05, 0) is 26.0 Å². The number of hydrogen-bond acceptors (Lipinski definition) is 2. The third-order valence-corrected chi connectivity index (χ3v) is 7.57. The molecule has 1 amide bonds. The summed E-state index contributed by atoms with van der Waals surface area (Å²) in [5.41, 5.74) is 0. The van der Waals surface area contributed by atoms with E-state index in [1.165, 1.54) is 17.6 Å². The van der Waals surface area contributed by atoms with Crippen LogP contribution in [-0.2, 0) is 0 Å². The van der Waals surface area contributed by atoms with E-state index in [9.17, 15) is 4.79 Å². The van der Waals surface area contributed by atoms with E-state index in [1.54, 1.807) is 7.05 Å². The van der Waals surface area contributed by atoms with Crippen LogP contribution in [0.4, 0.5) is 4.79 Å². The summed E-state index contributed by atoms with van der Waals surface area (Å²) in [6, 6.07) is 7.90. The topological polar surface area (TPSA) is 38.3 Å². The van der Waals surface area contributed by atoms with Gasteiger partial charge in [0.1, 0.15) is 5.75 Å². The number of rotatable bonds is 4. The standard InChI is InChI=1S/C13H20NO2P/c1-5-17(4,6-2)12-9-7-8-11(10-12)16-13(15)14-3/h7-10H,5-6H2,1-4H3/p+1. The molecule has 0 radical (unpaired) electrons. The molecule has 0 fully saturated rings. The van der Waals surface area contributed by atoms with Crippen LogP contribution in [0.5, 0.6) is 5.75 Å². The third-order valence-electron chi connectivity index (χ3n) is 3.25. The molecule has 4 heteroatoms. The fourth-order valence-electron chi connectivity index (χ4n) is 1.63. The van der Waals surface area contributed by atoms with Crippen LogP contribution in [0.1, 0.15) is 13.8 Å². The molecule has 0 aromatic heterocycles. The van der Waals surface area contributed by atoms with E-state index in [0.29, 0.717) is 5.75 Å². The van der Waals surface area contributed by atoms with Gasteiger partial charge < -0.3 is 10.1 Å². The molecule has 94 valence electrons. The lowest BCUT2D eigenvalue weighted by atomic mass is 10.3. The van der Waals surface area contributed by atoms with Crippen molar-refractivity contribution in [1.29, 1.82) is 0 Å². The molecule has 0 heterocycles. The molecule has 0 spiro atoms. The quantitative estimate of drug-likeness (QED) is 0.839. The largest absolute Gasteiger partial charge is 0.412 e. The highest BCUT2D eigenvalue weighted by Gasteiger charge is 2.30. The van der Waals surface area contributed by atoms with Crippen molar-refractivity contribution in [3.63, 3.8) is 0 Å². The molecule has 1 aromatic carbocycles. The lowest BCUT2D eigenvalue weighted by Gasteiger charge is -2.20. The smallest absolute Gasteiger partial charge is 0.410 e. The van der Waals surface area contributed by atoms with E-state index in [0.717, 1.165) is 0 Å². The van der Waals surface area contributed by atoms with Gasteiger partial charge in [-0.3, -0.25) is 0 Å². The molecule has 1 rings (SSSR count). The lowest BCUT2D eigenvalue weighted by molar-refractivity contribution is 0.203. The highest BCUT2D eigenvalue weighted by Crippen LogP contribution is 2.53. The van der Waals surface area contributed by atoms with E-state index in [-0.39, 0.29) is 0 Å². The number of amides is 1. The summed E-state index contributed by atoms with van der Waals surface area (Å²) in [5, 5.41) is 3.77. The van der Waals surface area contributed by atoms with Crippen LogP contribution in [0.15, 0.2) is 24.3 Å². The van der Waals surface area contributed by atoms with Crippen LogP contribution in [0.25, 0.3) is 0 Å². The summed E-state index contributed by atoms with van der Waals surface area (Å²) in [7, 11) is 0.483. The Hall–Kier alpha value is -1.08. The minimum Gasteiger partial charge on any atom is -0.410 e. The highest BCUT2D eigenvalue weighted by atomic mass is 31.2. The van der Waals surface area contributed by atoms with Crippen molar-refractivity contribution >= 4 is 18.7 Å². The SMILES string of the molecule is CC[P+](C)(CC)c1cccc(OC(=O)NC)c1. The summed E-state index contributed by atoms with van der Waals surface area (Å²) < 4.78 is 5.16. The first-order chi connectivity index (χ1) is 8.05. The Labute approximate surface area is 104 Å². The second-order valence-electron chi connectivity index (χ2n) is 4.17. The second kappa shape index (κ2) is 6.02. The lowest BCUT2D eigenvalue weighted by Crippen LogP contribution is -2.23. The molecule has 0 saturated carbocycles. The fourth-order valence-corrected chi connectivity index (χ4v) is 3.69. The molecule has 0 atom stereocenters. The van der Waals surface area contributed by atoms with Crippen LogP contribution in [-0.4, -0.2) is 32.1 Å². The van der Waals surface area contributed by atoms with Crippen LogP contribution >= 0.6 is 7.26 Å². The number of hydrogen-bond donors (Lipinski definition) is 1. The van der Waals surface area contributed by atoms with Gasteiger partial charge in [0.25, 0.3) is 0 Å². The maximum absolute atomic E-state index is 11.2. The number of benzene rings is 1. The van der Waals surface area contributed by atoms with Gasteiger partial charge in [0, 0.05) is 20.4 Å². The maximum atomic E-state index is 11.2. The molecule has 0 aliphatic carbocycles. The van der Waals surface area contributed by atoms with Gasteiger partial charge in [-0.15, -0.1) is 0 Å². The van der Waals surface area contributed by atoms with Crippen LogP contribution < -0.4 is 15.4 Å². The van der Waals surface area contributed by atoms with Crippen LogP contribution in [0.3, 0.4) is 0 Å². The molecule has 17 heavy (non-hydrogen) atoms. The van der Waals surface area contributed by atoms with Gasteiger partial charge in [-0.25, -0.2) is 4.79 Å². The Morgan fingerprint density at radius 2 is 2.00 bits per heavy atom. The van der Waals surface area contributed by atoms with Crippen molar-refractivity contribution in [3.8, 4) is 5.75 Å². The van der Waals surface area contributed by atoms with Crippen LogP contribution in [0.2, 0.25) is 0 Å². The van der Waals surface area contributed by atoms with Crippen molar-refractivity contribution < 1.29 is 9.53 Å². The molecular formula is C13H21NO2P+. The Morgan fingerprint density at radius 3 is 2.53 bits per heavy atom. The number of carbonyl (C=O) groups excluding carboxylic acids is 1. The first kappa shape index (κ1) is 14.0. The summed E-state index contributed by atoms with van der Waals surface area (Å²) in [5.74, 6) is 0.620. The Kier molecular flexibility index (Phi) is 4.95. The predicted octanol–water partition coefficient (Wildman–Crippen LogP) is 2.72. The Morgan fingerprint density at radius 1 is 1.35 bits per heavy atom. The van der Waals surface area contributed by atoms with E-state index in [1.807, 2.05) is 18.2 Å². The zero-order valence-electron chi connectivity index (χ0n) is 11.0. The van der Waals surface area contributed by atoms with Crippen molar-refractivity contribution in [2.24, 2.45) is 0 Å². The van der Waals surface area contributed by atoms with E-state index < -0.39 is 13.4 Å². The molecule has 0 unspecified atom stereocenters. The van der Waals surface area contributed by atoms with Crippen LogP contribution in [0, 0.1) is 0 Å². The summed E-state index contributed by atoms with van der Waals surface area (Å²) in [6.45, 7) is 6.79. The second-order valence-corrected chi connectivity index (χ2v) is 8.74. The normalized spacial score (nSPS) is 11.1. The minimum atomic E-state index is -1.07. The molecule has 0 aliphatic rings. The summed E-state index contributed by atoms with van der Waals surface area (Å²) in [6.07, 6.45) is 1.93. The molecule has 1 aromatic rings. The number of ether oxygens (including phenoxy) is 1. The van der Waals surface area contributed by atoms with Gasteiger partial charge >= 0.3 is 6.09 Å². The number of carbonyl (C=O) groups is 1.